The highest BCUT2D eigenvalue weighted by molar-refractivity contribution is 5.85. The van der Waals surface area contributed by atoms with E-state index in [4.69, 9.17) is 5.11 Å². The van der Waals surface area contributed by atoms with Gasteiger partial charge in [0.2, 0.25) is 0 Å². The first-order valence-electron chi connectivity index (χ1n) is 2.74. The summed E-state index contributed by atoms with van der Waals surface area (Å²) >= 11 is 0. The van der Waals surface area contributed by atoms with E-state index in [1.54, 1.807) is 0 Å². The number of hydrogen-bond donors (Lipinski definition) is 1. The molecule has 0 unspecified atom stereocenters. The lowest BCUT2D eigenvalue weighted by Gasteiger charge is -2.10. The summed E-state index contributed by atoms with van der Waals surface area (Å²) < 4.78 is 35.5. The molecule has 11 heavy (non-hydrogen) atoms. The van der Waals surface area contributed by atoms with Gasteiger partial charge in [-0.2, -0.15) is 0 Å². The first-order chi connectivity index (χ1) is 4.89. The smallest absolute Gasteiger partial charge is 0.331 e. The predicted molar refractivity (Wildman–Crippen MR) is 32.3 cm³/mol. The molecule has 2 nitrogen and oxygen atoms in total. The summed E-state index contributed by atoms with van der Waals surface area (Å²) in [6, 6.07) is 0. The molecule has 0 bridgehead atoms. The van der Waals surface area contributed by atoms with E-state index in [9.17, 15) is 18.0 Å². The van der Waals surface area contributed by atoms with Gasteiger partial charge in [-0.3, -0.25) is 0 Å². The third-order valence-electron chi connectivity index (χ3n) is 0.970. The number of halogens is 3. The molecule has 0 aliphatic rings. The van der Waals surface area contributed by atoms with E-state index in [2.05, 4.69) is 6.58 Å². The van der Waals surface area contributed by atoms with Crippen LogP contribution in [0.5, 0.6) is 0 Å². The van der Waals surface area contributed by atoms with Crippen LogP contribution in [0.15, 0.2) is 12.2 Å². The molecule has 0 fully saturated rings. The van der Waals surface area contributed by atoms with Gasteiger partial charge < -0.3 is 5.11 Å². The summed E-state index contributed by atoms with van der Waals surface area (Å²) in [4.78, 5) is 9.94. The van der Waals surface area contributed by atoms with Crippen molar-refractivity contribution in [3.8, 4) is 0 Å². The average Bonchev–Trinajstić information content (AvgIpc) is 1.87. The molecule has 0 saturated heterocycles. The van der Waals surface area contributed by atoms with Crippen molar-refractivity contribution in [3.05, 3.63) is 12.2 Å². The van der Waals surface area contributed by atoms with Gasteiger partial charge in [0.15, 0.2) is 6.67 Å². The largest absolute Gasteiger partial charge is 0.478 e. The highest BCUT2D eigenvalue weighted by atomic mass is 19.3. The summed E-state index contributed by atoms with van der Waals surface area (Å²) in [7, 11) is 0. The van der Waals surface area contributed by atoms with Crippen LogP contribution < -0.4 is 0 Å². The number of carboxylic acid groups (broad SMARTS) is 1. The van der Waals surface area contributed by atoms with Crippen molar-refractivity contribution >= 4 is 5.97 Å². The van der Waals surface area contributed by atoms with Crippen molar-refractivity contribution in [2.45, 2.75) is 12.3 Å². The van der Waals surface area contributed by atoms with E-state index < -0.39 is 30.6 Å². The van der Waals surface area contributed by atoms with Gasteiger partial charge in [0.1, 0.15) is 0 Å². The number of aliphatic carboxylic acids is 1. The Bertz CT molecular complexity index is 177. The Labute approximate surface area is 61.3 Å². The molecule has 5 heteroatoms. The fraction of sp³-hybridized carbons (Fsp3) is 0.500. The molecule has 0 amide bonds. The minimum atomic E-state index is -3.60. The molecule has 0 heterocycles. The zero-order chi connectivity index (χ0) is 9.07. The van der Waals surface area contributed by atoms with Crippen molar-refractivity contribution in [1.82, 2.24) is 0 Å². The molecule has 0 radical (unpaired) electrons. The first kappa shape index (κ1) is 10.0. The fourth-order valence-electron chi connectivity index (χ4n) is 0.435. The minimum absolute atomic E-state index is 0.687. The lowest BCUT2D eigenvalue weighted by atomic mass is 10.1. The van der Waals surface area contributed by atoms with E-state index in [1.807, 2.05) is 0 Å². The second kappa shape index (κ2) is 3.41. The monoisotopic (exact) mass is 168 g/mol. The Hall–Kier alpha value is -1.00. The van der Waals surface area contributed by atoms with Gasteiger partial charge in [0.05, 0.1) is 0 Å². The van der Waals surface area contributed by atoms with Gasteiger partial charge in [-0.25, -0.2) is 18.0 Å². The third-order valence-corrected chi connectivity index (χ3v) is 0.970. The van der Waals surface area contributed by atoms with Crippen molar-refractivity contribution in [1.29, 1.82) is 0 Å². The van der Waals surface area contributed by atoms with Crippen molar-refractivity contribution < 1.29 is 23.1 Å². The Kier molecular flexibility index (Phi) is 3.10. The normalized spacial score (nSPS) is 11.2. The van der Waals surface area contributed by atoms with Crippen LogP contribution in [0.2, 0.25) is 0 Å². The summed E-state index contributed by atoms with van der Waals surface area (Å²) in [5, 5.41) is 8.09. The molecule has 0 aliphatic heterocycles. The average molecular weight is 168 g/mol. The molecule has 0 aliphatic carbocycles. The van der Waals surface area contributed by atoms with E-state index in [0.29, 0.717) is 0 Å². The molecule has 1 N–H and O–H groups in total. The summed E-state index contributed by atoms with van der Waals surface area (Å²) in [5.74, 6) is -5.13. The van der Waals surface area contributed by atoms with Crippen LogP contribution in [0.1, 0.15) is 6.42 Å². The van der Waals surface area contributed by atoms with Crippen molar-refractivity contribution in [3.63, 3.8) is 0 Å². The lowest BCUT2D eigenvalue weighted by molar-refractivity contribution is -0.134. The van der Waals surface area contributed by atoms with E-state index in [1.165, 1.54) is 0 Å². The summed E-state index contributed by atoms with van der Waals surface area (Å²) in [5.41, 5.74) is -0.687. The highest BCUT2D eigenvalue weighted by Gasteiger charge is 2.31. The van der Waals surface area contributed by atoms with Gasteiger partial charge in [-0.05, 0) is 0 Å². The predicted octanol–water partition coefficient (Wildman–Crippen LogP) is 1.62. The molecule has 0 aromatic heterocycles. The number of hydrogen-bond acceptors (Lipinski definition) is 1. The first-order valence-corrected chi connectivity index (χ1v) is 2.74. The standard InChI is InChI=1S/C6H7F3O2/c1-4(5(10)11)2-6(8,9)3-7/h1-3H2,(H,10,11). The van der Waals surface area contributed by atoms with Gasteiger partial charge in [0, 0.05) is 12.0 Å². The second-order valence-corrected chi connectivity index (χ2v) is 2.08. The molecule has 64 valence electrons. The Morgan fingerprint density at radius 2 is 2.00 bits per heavy atom. The van der Waals surface area contributed by atoms with Crippen molar-refractivity contribution in [2.24, 2.45) is 0 Å². The van der Waals surface area contributed by atoms with Crippen LogP contribution in [-0.2, 0) is 4.79 Å². The van der Waals surface area contributed by atoms with Crippen LogP contribution in [-0.4, -0.2) is 23.7 Å². The molecule has 0 rings (SSSR count). The topological polar surface area (TPSA) is 37.3 Å². The SMILES string of the molecule is C=C(CC(F)(F)CF)C(=O)O. The van der Waals surface area contributed by atoms with E-state index >= 15 is 0 Å². The fourth-order valence-corrected chi connectivity index (χ4v) is 0.435. The second-order valence-electron chi connectivity index (χ2n) is 2.08. The number of carboxylic acids is 1. The van der Waals surface area contributed by atoms with Gasteiger partial charge >= 0.3 is 5.97 Å². The van der Waals surface area contributed by atoms with E-state index in [0.717, 1.165) is 0 Å². The van der Waals surface area contributed by atoms with Gasteiger partial charge in [0.25, 0.3) is 5.92 Å². The van der Waals surface area contributed by atoms with Crippen LogP contribution in [0.3, 0.4) is 0 Å². The maximum atomic E-state index is 12.1. The molecule has 0 atom stereocenters. The van der Waals surface area contributed by atoms with Gasteiger partial charge in [-0.1, -0.05) is 6.58 Å². The maximum Gasteiger partial charge on any atom is 0.331 e. The Balaban J connectivity index is 4.04. The molecule has 0 spiro atoms. The molecular formula is C6H7F3O2. The summed E-state index contributed by atoms with van der Waals surface area (Å²) in [6.07, 6.45) is -1.14. The molecule has 0 aromatic rings. The Morgan fingerprint density at radius 3 is 2.27 bits per heavy atom. The van der Waals surface area contributed by atoms with Gasteiger partial charge in [-0.15, -0.1) is 0 Å². The van der Waals surface area contributed by atoms with Crippen LogP contribution in [0, 0.1) is 0 Å². The molecule has 0 saturated carbocycles. The van der Waals surface area contributed by atoms with Crippen LogP contribution in [0.25, 0.3) is 0 Å². The summed E-state index contributed by atoms with van der Waals surface area (Å²) in [6.45, 7) is 0.979. The van der Waals surface area contributed by atoms with E-state index in [-0.39, 0.29) is 0 Å². The highest BCUT2D eigenvalue weighted by Crippen LogP contribution is 2.22. The quantitative estimate of drug-likeness (QED) is 0.647. The maximum absolute atomic E-state index is 12.1. The van der Waals surface area contributed by atoms with Crippen molar-refractivity contribution in [2.75, 3.05) is 6.67 Å². The lowest BCUT2D eigenvalue weighted by Crippen LogP contribution is -2.21. The Morgan fingerprint density at radius 1 is 1.55 bits per heavy atom. The third kappa shape index (κ3) is 3.64. The van der Waals surface area contributed by atoms with Crippen LogP contribution >= 0.6 is 0 Å². The molecular weight excluding hydrogens is 161 g/mol. The number of carbonyl (C=O) groups is 1. The number of alkyl halides is 3. The number of rotatable bonds is 4. The molecule has 0 aromatic carbocycles. The van der Waals surface area contributed by atoms with Crippen LogP contribution in [0.4, 0.5) is 13.2 Å². The zero-order valence-corrected chi connectivity index (χ0v) is 5.61. The minimum Gasteiger partial charge on any atom is -0.478 e. The zero-order valence-electron chi connectivity index (χ0n) is 5.61.